The van der Waals surface area contributed by atoms with Crippen molar-refractivity contribution in [3.05, 3.63) is 29.8 Å². The van der Waals surface area contributed by atoms with Gasteiger partial charge in [-0.2, -0.15) is 17.5 Å². The molecule has 1 aliphatic rings. The lowest BCUT2D eigenvalue weighted by atomic mass is 9.87. The number of carbonyl (C=O) groups is 2. The van der Waals surface area contributed by atoms with E-state index in [0.717, 1.165) is 14.8 Å². The molecule has 0 spiro atoms. The highest BCUT2D eigenvalue weighted by Crippen LogP contribution is 2.26. The van der Waals surface area contributed by atoms with Crippen LogP contribution in [0.4, 0.5) is 18.0 Å². The molecule has 1 heterocycles. The summed E-state index contributed by atoms with van der Waals surface area (Å²) in [5, 5.41) is 0. The molecule has 1 amide bonds. The maximum absolute atomic E-state index is 12.8. The van der Waals surface area contributed by atoms with E-state index in [4.69, 9.17) is 0 Å². The Morgan fingerprint density at radius 1 is 1.07 bits per heavy atom. The molecular formula is C18H23F3N2O5S. The van der Waals surface area contributed by atoms with Crippen LogP contribution in [0.2, 0.25) is 0 Å². The Bertz CT molecular complexity index is 840. The Kier molecular flexibility index (Phi) is 6.63. The molecule has 1 aromatic rings. The largest absolute Gasteiger partial charge is 0.432 e. The van der Waals surface area contributed by atoms with E-state index in [0.29, 0.717) is 0 Å². The van der Waals surface area contributed by atoms with Crippen molar-refractivity contribution in [2.75, 3.05) is 26.2 Å². The highest BCUT2D eigenvalue weighted by atomic mass is 32.2. The minimum absolute atomic E-state index is 0.0969. The van der Waals surface area contributed by atoms with E-state index < -0.39 is 34.7 Å². The molecule has 162 valence electrons. The summed E-state index contributed by atoms with van der Waals surface area (Å²) in [4.78, 5) is 23.4. The van der Waals surface area contributed by atoms with E-state index in [1.807, 2.05) is 20.8 Å². The van der Waals surface area contributed by atoms with Crippen molar-refractivity contribution in [3.63, 3.8) is 0 Å². The number of amides is 1. The molecule has 1 aromatic carbocycles. The minimum atomic E-state index is -5.00. The zero-order chi connectivity index (χ0) is 22.0. The molecule has 29 heavy (non-hydrogen) atoms. The smallest absolute Gasteiger partial charge is 0.429 e. The zero-order valence-corrected chi connectivity index (χ0v) is 17.1. The molecular weight excluding hydrogens is 413 g/mol. The monoisotopic (exact) mass is 436 g/mol. The Hall–Kier alpha value is -2.14. The molecule has 11 heteroatoms. The Balaban J connectivity index is 2.02. The molecule has 0 saturated carbocycles. The van der Waals surface area contributed by atoms with E-state index in [-0.39, 0.29) is 36.5 Å². The summed E-state index contributed by atoms with van der Waals surface area (Å²) in [7, 11) is -3.81. The van der Waals surface area contributed by atoms with Crippen LogP contribution in [-0.2, 0) is 25.0 Å². The van der Waals surface area contributed by atoms with Gasteiger partial charge in [0, 0.05) is 26.2 Å². The van der Waals surface area contributed by atoms with E-state index in [1.54, 1.807) is 12.1 Å². The quantitative estimate of drug-likeness (QED) is 0.678. The number of benzene rings is 1. The van der Waals surface area contributed by atoms with Crippen LogP contribution in [0.1, 0.15) is 26.3 Å². The predicted octanol–water partition coefficient (Wildman–Crippen LogP) is 2.56. The van der Waals surface area contributed by atoms with Gasteiger partial charge in [0.15, 0.2) is 6.29 Å². The Morgan fingerprint density at radius 3 is 2.00 bits per heavy atom. The van der Waals surface area contributed by atoms with Gasteiger partial charge < -0.3 is 9.64 Å². The summed E-state index contributed by atoms with van der Waals surface area (Å²) in [6, 6.07) is 6.48. The lowest BCUT2D eigenvalue weighted by Crippen LogP contribution is -2.51. The number of halogens is 3. The summed E-state index contributed by atoms with van der Waals surface area (Å²) < 4.78 is 68.5. The van der Waals surface area contributed by atoms with Gasteiger partial charge in [0.1, 0.15) is 0 Å². The van der Waals surface area contributed by atoms with Crippen molar-refractivity contribution < 1.29 is 35.9 Å². The lowest BCUT2D eigenvalue weighted by molar-refractivity contribution is -0.199. The van der Waals surface area contributed by atoms with Gasteiger partial charge in [0.25, 0.3) is 6.10 Å². The van der Waals surface area contributed by atoms with Gasteiger partial charge in [0.2, 0.25) is 10.0 Å². The molecule has 1 fully saturated rings. The van der Waals surface area contributed by atoms with Crippen LogP contribution in [0.3, 0.4) is 0 Å². The number of sulfonamides is 1. The molecule has 1 atom stereocenters. The normalized spacial score (nSPS) is 17.7. The van der Waals surface area contributed by atoms with Gasteiger partial charge in [0.05, 0.1) is 4.90 Å². The first-order valence-electron chi connectivity index (χ1n) is 8.85. The number of piperazine rings is 1. The van der Waals surface area contributed by atoms with Crippen LogP contribution in [0.5, 0.6) is 0 Å². The fraction of sp³-hybridized carbons (Fsp3) is 0.556. The number of hydrogen-bond donors (Lipinski definition) is 0. The van der Waals surface area contributed by atoms with Gasteiger partial charge in [-0.1, -0.05) is 32.9 Å². The van der Waals surface area contributed by atoms with Crippen LogP contribution < -0.4 is 0 Å². The topological polar surface area (TPSA) is 84.0 Å². The number of nitrogens with zero attached hydrogens (tertiary/aromatic N) is 2. The van der Waals surface area contributed by atoms with Crippen LogP contribution in [0.15, 0.2) is 29.2 Å². The van der Waals surface area contributed by atoms with Gasteiger partial charge in [-0.3, -0.25) is 4.79 Å². The third kappa shape index (κ3) is 5.47. The summed E-state index contributed by atoms with van der Waals surface area (Å²) in [5.74, 6) is 0. The third-order valence-electron chi connectivity index (χ3n) is 4.53. The molecule has 2 rings (SSSR count). The standard InChI is InChI=1S/C18H23F3N2O5S/c1-17(2,3)13-4-6-14(7-5-13)29(26,27)23-10-8-22(9-11-23)16(25)28-15(12-24)18(19,20)21/h4-7,12,15H,8-11H2,1-3H3. The van der Waals surface area contributed by atoms with Crippen LogP contribution in [0, 0.1) is 0 Å². The number of carbonyl (C=O) groups excluding carboxylic acids is 2. The van der Waals surface area contributed by atoms with Gasteiger partial charge in [-0.15, -0.1) is 0 Å². The van der Waals surface area contributed by atoms with Gasteiger partial charge in [-0.25, -0.2) is 13.2 Å². The molecule has 0 N–H and O–H groups in total. The average Bonchev–Trinajstić information content (AvgIpc) is 2.64. The molecule has 0 bridgehead atoms. The van der Waals surface area contributed by atoms with Crippen molar-refractivity contribution in [2.45, 2.75) is 43.4 Å². The van der Waals surface area contributed by atoms with Crippen LogP contribution in [-0.4, -0.2) is 68.5 Å². The van der Waals surface area contributed by atoms with E-state index in [1.165, 1.54) is 12.1 Å². The van der Waals surface area contributed by atoms with Gasteiger partial charge >= 0.3 is 12.3 Å². The second-order valence-electron chi connectivity index (χ2n) is 7.65. The highest BCUT2D eigenvalue weighted by Gasteiger charge is 2.44. The maximum Gasteiger partial charge on any atom is 0.432 e. The Labute approximate surface area is 167 Å². The lowest BCUT2D eigenvalue weighted by Gasteiger charge is -2.34. The fourth-order valence-electron chi connectivity index (χ4n) is 2.74. The van der Waals surface area contributed by atoms with E-state index >= 15 is 0 Å². The van der Waals surface area contributed by atoms with E-state index in [2.05, 4.69) is 4.74 Å². The number of ether oxygens (including phenoxy) is 1. The van der Waals surface area contributed by atoms with Crippen LogP contribution >= 0.6 is 0 Å². The molecule has 7 nitrogen and oxygen atoms in total. The van der Waals surface area contributed by atoms with Crippen molar-refractivity contribution in [3.8, 4) is 0 Å². The first-order chi connectivity index (χ1) is 13.3. The number of aldehydes is 1. The van der Waals surface area contributed by atoms with Crippen molar-refractivity contribution in [1.82, 2.24) is 9.21 Å². The van der Waals surface area contributed by atoms with Crippen LogP contribution in [0.25, 0.3) is 0 Å². The first kappa shape index (κ1) is 23.1. The number of hydrogen-bond acceptors (Lipinski definition) is 5. The molecule has 1 saturated heterocycles. The summed E-state index contributed by atoms with van der Waals surface area (Å²) in [5.41, 5.74) is 0.836. The molecule has 0 aliphatic carbocycles. The second kappa shape index (κ2) is 8.31. The number of rotatable bonds is 4. The summed E-state index contributed by atoms with van der Waals surface area (Å²) in [6.07, 6.45) is -9.66. The number of alkyl halides is 3. The van der Waals surface area contributed by atoms with Crippen molar-refractivity contribution in [2.24, 2.45) is 0 Å². The SMILES string of the molecule is CC(C)(C)c1ccc(S(=O)(=O)N2CCN(C(=O)OC(C=O)C(F)(F)F)CC2)cc1. The second-order valence-corrected chi connectivity index (χ2v) is 9.59. The zero-order valence-electron chi connectivity index (χ0n) is 16.3. The Morgan fingerprint density at radius 2 is 1.59 bits per heavy atom. The minimum Gasteiger partial charge on any atom is -0.429 e. The maximum atomic E-state index is 12.8. The van der Waals surface area contributed by atoms with E-state index in [9.17, 15) is 31.2 Å². The fourth-order valence-corrected chi connectivity index (χ4v) is 4.16. The molecule has 0 aromatic heterocycles. The van der Waals surface area contributed by atoms with Crippen molar-refractivity contribution >= 4 is 22.4 Å². The third-order valence-corrected chi connectivity index (χ3v) is 6.44. The molecule has 1 unspecified atom stereocenters. The molecule has 1 aliphatic heterocycles. The average molecular weight is 436 g/mol. The summed E-state index contributed by atoms with van der Waals surface area (Å²) in [6.45, 7) is 5.50. The highest BCUT2D eigenvalue weighted by molar-refractivity contribution is 7.89. The summed E-state index contributed by atoms with van der Waals surface area (Å²) >= 11 is 0. The van der Waals surface area contributed by atoms with Gasteiger partial charge in [-0.05, 0) is 23.1 Å². The molecule has 0 radical (unpaired) electrons. The van der Waals surface area contributed by atoms with Crippen molar-refractivity contribution in [1.29, 1.82) is 0 Å². The first-order valence-corrected chi connectivity index (χ1v) is 10.3. The predicted molar refractivity (Wildman–Crippen MR) is 97.9 cm³/mol.